The van der Waals surface area contributed by atoms with Crippen LogP contribution in [0, 0.1) is 0 Å². The van der Waals surface area contributed by atoms with E-state index >= 15 is 0 Å². The summed E-state index contributed by atoms with van der Waals surface area (Å²) in [6.45, 7) is 0. The van der Waals surface area contributed by atoms with Gasteiger partial charge in [0.15, 0.2) is 0 Å². The van der Waals surface area contributed by atoms with Crippen LogP contribution in [0.5, 0.6) is 0 Å². The van der Waals surface area contributed by atoms with Crippen LogP contribution in [0.15, 0.2) is 97.1 Å². The van der Waals surface area contributed by atoms with Crippen LogP contribution < -0.4 is 0 Å². The number of benzene rings is 5. The average Bonchev–Trinajstić information content (AvgIpc) is 2.68. The lowest BCUT2D eigenvalue weighted by molar-refractivity contribution is 1.65. The highest BCUT2D eigenvalue weighted by atomic mass is 14.1. The lowest BCUT2D eigenvalue weighted by Gasteiger charge is -2.12. The zero-order valence-electron chi connectivity index (χ0n) is 13.2. The van der Waals surface area contributed by atoms with Crippen LogP contribution in [0.3, 0.4) is 0 Å². The molecule has 0 bridgehead atoms. The Morgan fingerprint density at radius 1 is 0.292 bits per heavy atom. The molecule has 0 aliphatic carbocycles. The zero-order chi connectivity index (χ0) is 15.9. The zero-order valence-corrected chi connectivity index (χ0v) is 13.2. The maximum absolute atomic E-state index is 2.33. The first-order chi connectivity index (χ1) is 11.9. The van der Waals surface area contributed by atoms with E-state index in [1.165, 1.54) is 43.4 Å². The molecule has 0 fully saturated rings. The van der Waals surface area contributed by atoms with Gasteiger partial charge in [0, 0.05) is 0 Å². The number of rotatable bonds is 1. The highest BCUT2D eigenvalue weighted by Gasteiger charge is 2.08. The van der Waals surface area contributed by atoms with Crippen molar-refractivity contribution in [3.63, 3.8) is 0 Å². The molecule has 0 aliphatic rings. The van der Waals surface area contributed by atoms with E-state index in [0.29, 0.717) is 0 Å². The van der Waals surface area contributed by atoms with Crippen molar-refractivity contribution in [2.24, 2.45) is 0 Å². The van der Waals surface area contributed by atoms with Gasteiger partial charge in [0.25, 0.3) is 0 Å². The lowest BCUT2D eigenvalue weighted by Crippen LogP contribution is -1.84. The molecule has 0 N–H and O–H groups in total. The van der Waals surface area contributed by atoms with Gasteiger partial charge in [-0.3, -0.25) is 0 Å². The Morgan fingerprint density at radius 3 is 1.33 bits per heavy atom. The third-order valence-corrected chi connectivity index (χ3v) is 4.85. The molecular formula is C24H16. The molecule has 0 saturated carbocycles. The molecule has 0 aliphatic heterocycles. The second-order valence-corrected chi connectivity index (χ2v) is 6.22. The minimum absolute atomic E-state index is 1.26. The van der Waals surface area contributed by atoms with E-state index in [4.69, 9.17) is 0 Å². The molecule has 5 rings (SSSR count). The second kappa shape index (κ2) is 5.21. The van der Waals surface area contributed by atoms with E-state index in [9.17, 15) is 0 Å². The molecule has 0 spiro atoms. The first-order valence-corrected chi connectivity index (χ1v) is 8.30. The smallest absolute Gasteiger partial charge is 0.00928 e. The van der Waals surface area contributed by atoms with Gasteiger partial charge in [-0.05, 0) is 49.5 Å². The van der Waals surface area contributed by atoms with Crippen molar-refractivity contribution in [3.05, 3.63) is 97.1 Å². The monoisotopic (exact) mass is 304 g/mol. The van der Waals surface area contributed by atoms with Gasteiger partial charge in [-0.15, -0.1) is 0 Å². The van der Waals surface area contributed by atoms with Gasteiger partial charge >= 0.3 is 0 Å². The summed E-state index contributed by atoms with van der Waals surface area (Å²) in [5.74, 6) is 0. The molecule has 0 nitrogen and oxygen atoms in total. The molecular weight excluding hydrogens is 288 g/mol. The van der Waals surface area contributed by atoms with Crippen LogP contribution >= 0.6 is 0 Å². The summed E-state index contributed by atoms with van der Waals surface area (Å²) in [6, 6.07) is 34.9. The van der Waals surface area contributed by atoms with E-state index in [1.807, 2.05) is 0 Å². The predicted molar refractivity (Wildman–Crippen MR) is 104 cm³/mol. The summed E-state index contributed by atoms with van der Waals surface area (Å²) < 4.78 is 0. The van der Waals surface area contributed by atoms with Crippen molar-refractivity contribution in [2.75, 3.05) is 0 Å². The first-order valence-electron chi connectivity index (χ1n) is 8.30. The van der Waals surface area contributed by atoms with Gasteiger partial charge in [0.2, 0.25) is 0 Å². The summed E-state index contributed by atoms with van der Waals surface area (Å²) in [4.78, 5) is 0. The average molecular weight is 304 g/mol. The summed E-state index contributed by atoms with van der Waals surface area (Å²) in [6.07, 6.45) is 0. The Labute approximate surface area is 141 Å². The van der Waals surface area contributed by atoms with Gasteiger partial charge < -0.3 is 0 Å². The lowest BCUT2D eigenvalue weighted by atomic mass is 9.92. The standard InChI is InChI=1S/C24H16/c1-2-8-17(9-3-1)18-14-15-23-21-12-5-4-10-19(21)20-11-6-7-13-22(20)24(23)16-18/h1-16H. The van der Waals surface area contributed by atoms with Crippen molar-refractivity contribution in [3.8, 4) is 11.1 Å². The quantitative estimate of drug-likeness (QED) is 0.298. The largest absolute Gasteiger partial charge is 0.0622 e. The molecule has 0 atom stereocenters. The number of hydrogen-bond donors (Lipinski definition) is 0. The Balaban J connectivity index is 1.96. The maximum Gasteiger partial charge on any atom is -0.00928 e. The fourth-order valence-corrected chi connectivity index (χ4v) is 3.72. The summed E-state index contributed by atoms with van der Waals surface area (Å²) in [5.41, 5.74) is 2.53. The first kappa shape index (κ1) is 13.3. The second-order valence-electron chi connectivity index (χ2n) is 6.22. The van der Waals surface area contributed by atoms with E-state index < -0.39 is 0 Å². The van der Waals surface area contributed by atoms with Crippen LogP contribution in [0.4, 0.5) is 0 Å². The van der Waals surface area contributed by atoms with Crippen LogP contribution in [-0.4, -0.2) is 0 Å². The van der Waals surface area contributed by atoms with Gasteiger partial charge in [0.05, 0.1) is 0 Å². The van der Waals surface area contributed by atoms with Crippen molar-refractivity contribution < 1.29 is 0 Å². The van der Waals surface area contributed by atoms with E-state index in [0.717, 1.165) is 0 Å². The maximum atomic E-state index is 2.33. The Hall–Kier alpha value is -3.12. The molecule has 0 amide bonds. The highest BCUT2D eigenvalue weighted by Crippen LogP contribution is 2.36. The third kappa shape index (κ3) is 1.93. The molecule has 112 valence electrons. The van der Waals surface area contributed by atoms with Crippen molar-refractivity contribution >= 4 is 32.3 Å². The third-order valence-electron chi connectivity index (χ3n) is 4.85. The van der Waals surface area contributed by atoms with Crippen molar-refractivity contribution in [1.82, 2.24) is 0 Å². The topological polar surface area (TPSA) is 0 Å². The van der Waals surface area contributed by atoms with Crippen LogP contribution in [0.2, 0.25) is 0 Å². The Bertz CT molecular complexity index is 1150. The summed E-state index contributed by atoms with van der Waals surface area (Å²) in [5, 5.41) is 7.95. The molecule has 0 heteroatoms. The fourth-order valence-electron chi connectivity index (χ4n) is 3.72. The van der Waals surface area contributed by atoms with E-state index in [1.54, 1.807) is 0 Å². The van der Waals surface area contributed by atoms with Crippen LogP contribution in [0.25, 0.3) is 43.4 Å². The van der Waals surface area contributed by atoms with Crippen molar-refractivity contribution in [1.29, 1.82) is 0 Å². The predicted octanol–water partition coefficient (Wildman–Crippen LogP) is 6.81. The Morgan fingerprint density at radius 2 is 0.750 bits per heavy atom. The Kier molecular flexibility index (Phi) is 2.89. The number of hydrogen-bond acceptors (Lipinski definition) is 0. The van der Waals surface area contributed by atoms with Crippen LogP contribution in [-0.2, 0) is 0 Å². The molecule has 0 radical (unpaired) electrons. The highest BCUT2D eigenvalue weighted by molar-refractivity contribution is 6.25. The molecule has 24 heavy (non-hydrogen) atoms. The van der Waals surface area contributed by atoms with Gasteiger partial charge in [-0.1, -0.05) is 91.0 Å². The SMILES string of the molecule is c1ccc(-c2ccc3c4ccccc4c4ccccc4c3c2)cc1. The summed E-state index contributed by atoms with van der Waals surface area (Å²) in [7, 11) is 0. The van der Waals surface area contributed by atoms with Gasteiger partial charge in [-0.25, -0.2) is 0 Å². The van der Waals surface area contributed by atoms with Gasteiger partial charge in [0.1, 0.15) is 0 Å². The molecule has 0 saturated heterocycles. The number of fused-ring (bicyclic) bond motifs is 6. The minimum atomic E-state index is 1.26. The van der Waals surface area contributed by atoms with Gasteiger partial charge in [-0.2, -0.15) is 0 Å². The normalized spacial score (nSPS) is 11.3. The molecule has 0 unspecified atom stereocenters. The molecule has 5 aromatic carbocycles. The van der Waals surface area contributed by atoms with E-state index in [2.05, 4.69) is 97.1 Å². The van der Waals surface area contributed by atoms with E-state index in [-0.39, 0.29) is 0 Å². The molecule has 0 aromatic heterocycles. The minimum Gasteiger partial charge on any atom is -0.0622 e. The summed E-state index contributed by atoms with van der Waals surface area (Å²) >= 11 is 0. The molecule has 5 aromatic rings. The van der Waals surface area contributed by atoms with Crippen molar-refractivity contribution in [2.45, 2.75) is 0 Å². The fraction of sp³-hybridized carbons (Fsp3) is 0. The van der Waals surface area contributed by atoms with Crippen LogP contribution in [0.1, 0.15) is 0 Å². The molecule has 0 heterocycles.